The fraction of sp³-hybridized carbons (Fsp3) is 0.300. The molecule has 0 bridgehead atoms. The second kappa shape index (κ2) is 3.69. The summed E-state index contributed by atoms with van der Waals surface area (Å²) in [6, 6.07) is 7.24. The highest BCUT2D eigenvalue weighted by Gasteiger charge is 2.29. The van der Waals surface area contributed by atoms with E-state index in [0.717, 1.165) is 5.56 Å². The zero-order chi connectivity index (χ0) is 10.1. The van der Waals surface area contributed by atoms with Gasteiger partial charge in [-0.05, 0) is 19.4 Å². The molecule has 0 aliphatic heterocycles. The lowest BCUT2D eigenvalue weighted by atomic mass is 10.0. The number of hydrogen-bond acceptors (Lipinski definition) is 1. The largest absolute Gasteiger partial charge is 0.291 e. The standard InChI is InChI=1S/C10H10Cl2O/c1-7-5-3-4-6-8(7)9(13)10(2,11)12/h3-6H,1-2H3. The van der Waals surface area contributed by atoms with Crippen LogP contribution in [0.2, 0.25) is 0 Å². The van der Waals surface area contributed by atoms with Gasteiger partial charge in [0.2, 0.25) is 0 Å². The third-order valence-corrected chi connectivity index (χ3v) is 2.13. The van der Waals surface area contributed by atoms with Gasteiger partial charge in [-0.1, -0.05) is 47.5 Å². The molecule has 0 heterocycles. The van der Waals surface area contributed by atoms with E-state index in [0.29, 0.717) is 5.56 Å². The molecule has 1 rings (SSSR count). The number of alkyl halides is 2. The second-order valence-electron chi connectivity index (χ2n) is 3.03. The van der Waals surface area contributed by atoms with Gasteiger partial charge in [-0.25, -0.2) is 0 Å². The number of aryl methyl sites for hydroxylation is 1. The Morgan fingerprint density at radius 1 is 1.31 bits per heavy atom. The molecular weight excluding hydrogens is 207 g/mol. The van der Waals surface area contributed by atoms with E-state index in [-0.39, 0.29) is 5.78 Å². The van der Waals surface area contributed by atoms with Crippen molar-refractivity contribution in [2.45, 2.75) is 18.2 Å². The van der Waals surface area contributed by atoms with E-state index < -0.39 is 4.33 Å². The Hall–Kier alpha value is -0.530. The van der Waals surface area contributed by atoms with Gasteiger partial charge in [0, 0.05) is 5.56 Å². The van der Waals surface area contributed by atoms with Crippen LogP contribution in [0.1, 0.15) is 22.8 Å². The number of carbonyl (C=O) groups is 1. The second-order valence-corrected chi connectivity index (χ2v) is 4.74. The van der Waals surface area contributed by atoms with Crippen molar-refractivity contribution in [3.05, 3.63) is 35.4 Å². The summed E-state index contributed by atoms with van der Waals surface area (Å²) in [4.78, 5) is 11.6. The van der Waals surface area contributed by atoms with Gasteiger partial charge in [0.25, 0.3) is 0 Å². The van der Waals surface area contributed by atoms with Gasteiger partial charge >= 0.3 is 0 Å². The normalized spacial score (nSPS) is 11.4. The first kappa shape index (κ1) is 10.6. The number of halogens is 2. The number of benzene rings is 1. The van der Waals surface area contributed by atoms with Crippen LogP contribution in [0.25, 0.3) is 0 Å². The highest BCUT2D eigenvalue weighted by molar-refractivity contribution is 6.59. The summed E-state index contributed by atoms with van der Waals surface area (Å²) in [5.74, 6) is -0.256. The molecule has 1 aromatic rings. The smallest absolute Gasteiger partial charge is 0.198 e. The molecule has 0 aromatic heterocycles. The van der Waals surface area contributed by atoms with E-state index in [4.69, 9.17) is 23.2 Å². The van der Waals surface area contributed by atoms with Crippen molar-refractivity contribution in [2.24, 2.45) is 0 Å². The minimum atomic E-state index is -1.34. The Kier molecular flexibility index (Phi) is 2.99. The molecule has 0 saturated heterocycles. The lowest BCUT2D eigenvalue weighted by molar-refractivity contribution is 0.0978. The van der Waals surface area contributed by atoms with Crippen LogP contribution in [-0.2, 0) is 0 Å². The van der Waals surface area contributed by atoms with E-state index in [9.17, 15) is 4.79 Å². The zero-order valence-corrected chi connectivity index (χ0v) is 8.99. The predicted octanol–water partition coefficient (Wildman–Crippen LogP) is 3.37. The summed E-state index contributed by atoms with van der Waals surface area (Å²) in [5, 5.41) is 0. The maximum absolute atomic E-state index is 11.6. The fourth-order valence-corrected chi connectivity index (χ4v) is 1.27. The minimum Gasteiger partial charge on any atom is -0.291 e. The van der Waals surface area contributed by atoms with Crippen LogP contribution < -0.4 is 0 Å². The van der Waals surface area contributed by atoms with Crippen molar-refractivity contribution in [1.29, 1.82) is 0 Å². The molecule has 0 N–H and O–H groups in total. The molecule has 1 aromatic carbocycles. The Morgan fingerprint density at radius 3 is 2.31 bits per heavy atom. The molecule has 0 atom stereocenters. The van der Waals surface area contributed by atoms with Gasteiger partial charge in [-0.15, -0.1) is 0 Å². The van der Waals surface area contributed by atoms with Crippen molar-refractivity contribution in [2.75, 3.05) is 0 Å². The monoisotopic (exact) mass is 216 g/mol. The van der Waals surface area contributed by atoms with Gasteiger partial charge < -0.3 is 0 Å². The number of Topliss-reactive ketones (excluding diaryl/α,β-unsaturated/α-hetero) is 1. The number of carbonyl (C=O) groups excluding carboxylic acids is 1. The van der Waals surface area contributed by atoms with E-state index in [1.165, 1.54) is 6.92 Å². The van der Waals surface area contributed by atoms with Gasteiger partial charge in [0.1, 0.15) is 0 Å². The number of ketones is 1. The first-order valence-corrected chi connectivity index (χ1v) is 4.67. The highest BCUT2D eigenvalue weighted by atomic mass is 35.5. The molecule has 0 amide bonds. The van der Waals surface area contributed by atoms with Crippen LogP contribution in [-0.4, -0.2) is 10.1 Å². The van der Waals surface area contributed by atoms with Crippen LogP contribution in [0, 0.1) is 6.92 Å². The van der Waals surface area contributed by atoms with Crippen molar-refractivity contribution in [1.82, 2.24) is 0 Å². The zero-order valence-electron chi connectivity index (χ0n) is 7.47. The summed E-state index contributed by atoms with van der Waals surface area (Å²) >= 11 is 11.4. The van der Waals surface area contributed by atoms with Crippen LogP contribution in [0.4, 0.5) is 0 Å². The minimum absolute atomic E-state index is 0.256. The third kappa shape index (κ3) is 2.45. The van der Waals surface area contributed by atoms with Gasteiger partial charge in [-0.3, -0.25) is 4.79 Å². The van der Waals surface area contributed by atoms with E-state index in [1.807, 2.05) is 19.1 Å². The predicted molar refractivity (Wildman–Crippen MR) is 55.6 cm³/mol. The molecule has 0 spiro atoms. The summed E-state index contributed by atoms with van der Waals surface area (Å²) < 4.78 is -1.34. The van der Waals surface area contributed by atoms with Crippen LogP contribution in [0.3, 0.4) is 0 Å². The molecule has 1 nitrogen and oxygen atoms in total. The maximum Gasteiger partial charge on any atom is 0.198 e. The molecule has 0 fully saturated rings. The van der Waals surface area contributed by atoms with Gasteiger partial charge in [0.05, 0.1) is 0 Å². The summed E-state index contributed by atoms with van der Waals surface area (Å²) in [6.45, 7) is 3.33. The Balaban J connectivity index is 3.10. The average molecular weight is 217 g/mol. The summed E-state index contributed by atoms with van der Waals surface area (Å²) in [7, 11) is 0. The lowest BCUT2D eigenvalue weighted by Crippen LogP contribution is -2.22. The third-order valence-electron chi connectivity index (χ3n) is 1.79. The topological polar surface area (TPSA) is 17.1 Å². The SMILES string of the molecule is Cc1ccccc1C(=O)C(C)(Cl)Cl. The Labute approximate surface area is 87.7 Å². The quantitative estimate of drug-likeness (QED) is 0.548. The van der Waals surface area contributed by atoms with Gasteiger partial charge in [-0.2, -0.15) is 0 Å². The molecule has 0 unspecified atom stereocenters. The molecule has 0 radical (unpaired) electrons. The van der Waals surface area contributed by atoms with Crippen molar-refractivity contribution in [3.8, 4) is 0 Å². The van der Waals surface area contributed by atoms with Gasteiger partial charge in [0.15, 0.2) is 10.1 Å². The number of hydrogen-bond donors (Lipinski definition) is 0. The molecule has 0 aliphatic carbocycles. The summed E-state index contributed by atoms with van der Waals surface area (Å²) in [5.41, 5.74) is 1.47. The van der Waals surface area contributed by atoms with E-state index in [2.05, 4.69) is 0 Å². The van der Waals surface area contributed by atoms with Crippen LogP contribution in [0.5, 0.6) is 0 Å². The van der Waals surface area contributed by atoms with Crippen molar-refractivity contribution >= 4 is 29.0 Å². The molecular formula is C10H10Cl2O. The highest BCUT2D eigenvalue weighted by Crippen LogP contribution is 2.26. The van der Waals surface area contributed by atoms with Crippen molar-refractivity contribution < 1.29 is 4.79 Å². The van der Waals surface area contributed by atoms with Crippen LogP contribution in [0.15, 0.2) is 24.3 Å². The lowest BCUT2D eigenvalue weighted by Gasteiger charge is -2.12. The Bertz CT molecular complexity index is 326. The molecule has 0 saturated carbocycles. The molecule has 70 valence electrons. The fourth-order valence-electron chi connectivity index (χ4n) is 1.06. The number of rotatable bonds is 2. The maximum atomic E-state index is 11.6. The average Bonchev–Trinajstić information content (AvgIpc) is 2.02. The van der Waals surface area contributed by atoms with Crippen LogP contribution >= 0.6 is 23.2 Å². The summed E-state index contributed by atoms with van der Waals surface area (Å²) in [6.07, 6.45) is 0. The Morgan fingerprint density at radius 2 is 1.85 bits per heavy atom. The molecule has 13 heavy (non-hydrogen) atoms. The first-order chi connectivity index (χ1) is 5.93. The van der Waals surface area contributed by atoms with Crippen molar-refractivity contribution in [3.63, 3.8) is 0 Å². The van der Waals surface area contributed by atoms with E-state index in [1.54, 1.807) is 12.1 Å². The van der Waals surface area contributed by atoms with E-state index >= 15 is 0 Å². The first-order valence-electron chi connectivity index (χ1n) is 3.91. The molecule has 3 heteroatoms. The molecule has 0 aliphatic rings.